The van der Waals surface area contributed by atoms with E-state index in [0.717, 1.165) is 35.8 Å². The maximum Gasteiger partial charge on any atom is 0.124 e. The highest BCUT2D eigenvalue weighted by molar-refractivity contribution is 5.53. The van der Waals surface area contributed by atoms with E-state index >= 15 is 0 Å². The lowest BCUT2D eigenvalue weighted by atomic mass is 10.0. The van der Waals surface area contributed by atoms with E-state index in [9.17, 15) is 0 Å². The summed E-state index contributed by atoms with van der Waals surface area (Å²) < 4.78 is 10.8. The number of hydrogen-bond acceptors (Lipinski definition) is 4. The van der Waals surface area contributed by atoms with E-state index in [1.807, 2.05) is 18.2 Å². The Kier molecular flexibility index (Phi) is 4.44. The van der Waals surface area contributed by atoms with Crippen LogP contribution < -0.4 is 14.8 Å². The molecule has 0 bridgehead atoms. The molecule has 0 fully saturated rings. The molecule has 1 heterocycles. The molecule has 4 nitrogen and oxygen atoms in total. The van der Waals surface area contributed by atoms with Crippen LogP contribution in [0.25, 0.3) is 0 Å². The van der Waals surface area contributed by atoms with Gasteiger partial charge in [-0.25, -0.2) is 0 Å². The van der Waals surface area contributed by atoms with E-state index in [0.29, 0.717) is 0 Å². The van der Waals surface area contributed by atoms with Crippen molar-refractivity contribution in [2.24, 2.45) is 0 Å². The topological polar surface area (TPSA) is 33.7 Å². The summed E-state index contributed by atoms with van der Waals surface area (Å²) >= 11 is 0. The van der Waals surface area contributed by atoms with Gasteiger partial charge in [0.25, 0.3) is 0 Å². The number of anilines is 1. The van der Waals surface area contributed by atoms with Gasteiger partial charge >= 0.3 is 0 Å². The van der Waals surface area contributed by atoms with Gasteiger partial charge in [-0.05, 0) is 55.4 Å². The summed E-state index contributed by atoms with van der Waals surface area (Å²) in [6.07, 6.45) is 0. The summed E-state index contributed by atoms with van der Waals surface area (Å²) in [5.41, 5.74) is 5.05. The van der Waals surface area contributed by atoms with Crippen LogP contribution in [0.2, 0.25) is 0 Å². The molecule has 4 heteroatoms. The zero-order valence-corrected chi connectivity index (χ0v) is 14.2. The second-order valence-electron chi connectivity index (χ2n) is 6.13. The highest BCUT2D eigenvalue weighted by Crippen LogP contribution is 2.32. The molecule has 0 saturated heterocycles. The number of methoxy groups -OCH3 is 2. The molecule has 3 rings (SSSR count). The highest BCUT2D eigenvalue weighted by Gasteiger charge is 2.17. The predicted octanol–water partition coefficient (Wildman–Crippen LogP) is 3.82. The lowest BCUT2D eigenvalue weighted by Crippen LogP contribution is -2.09. The Morgan fingerprint density at radius 1 is 1.00 bits per heavy atom. The smallest absolute Gasteiger partial charge is 0.124 e. The molecule has 1 unspecified atom stereocenters. The lowest BCUT2D eigenvalue weighted by molar-refractivity contribution is 0.353. The standard InChI is InChI=1S/C19H24N2O2/c1-13(18-10-17(22-3)7-8-19(18)23-4)20-16-6-5-14-11-21(2)12-15(14)9-16/h5-10,13,20H,11-12H2,1-4H3. The van der Waals surface area contributed by atoms with Crippen LogP contribution in [0.4, 0.5) is 5.69 Å². The average Bonchev–Trinajstić information content (AvgIpc) is 2.93. The number of ether oxygens (including phenoxy) is 2. The van der Waals surface area contributed by atoms with Crippen molar-refractivity contribution in [1.82, 2.24) is 4.90 Å². The number of hydrogen-bond donors (Lipinski definition) is 1. The molecule has 0 amide bonds. The third kappa shape index (κ3) is 3.27. The zero-order chi connectivity index (χ0) is 16.4. The molecule has 1 atom stereocenters. The first kappa shape index (κ1) is 15.7. The van der Waals surface area contributed by atoms with Crippen molar-refractivity contribution >= 4 is 5.69 Å². The van der Waals surface area contributed by atoms with Gasteiger partial charge in [-0.3, -0.25) is 4.90 Å². The Bertz CT molecular complexity index is 700. The monoisotopic (exact) mass is 312 g/mol. The van der Waals surface area contributed by atoms with E-state index in [2.05, 4.69) is 42.4 Å². The molecule has 1 N–H and O–H groups in total. The molecule has 0 radical (unpaired) electrons. The summed E-state index contributed by atoms with van der Waals surface area (Å²) in [5.74, 6) is 1.71. The van der Waals surface area contributed by atoms with Crippen molar-refractivity contribution in [2.75, 3.05) is 26.6 Å². The van der Waals surface area contributed by atoms with Crippen molar-refractivity contribution in [3.63, 3.8) is 0 Å². The Morgan fingerprint density at radius 2 is 1.78 bits per heavy atom. The number of nitrogens with one attached hydrogen (secondary N) is 1. The van der Waals surface area contributed by atoms with Gasteiger partial charge in [0, 0.05) is 24.3 Å². The first-order valence-corrected chi connectivity index (χ1v) is 7.89. The summed E-state index contributed by atoms with van der Waals surface area (Å²) in [4.78, 5) is 2.32. The van der Waals surface area contributed by atoms with E-state index in [1.165, 1.54) is 11.1 Å². The SMILES string of the molecule is COc1ccc(OC)c(C(C)Nc2ccc3c(c2)CN(C)C3)c1. The van der Waals surface area contributed by atoms with Crippen LogP contribution in [0.15, 0.2) is 36.4 Å². The molecule has 0 saturated carbocycles. The van der Waals surface area contributed by atoms with E-state index in [-0.39, 0.29) is 6.04 Å². The van der Waals surface area contributed by atoms with Crippen LogP contribution in [-0.2, 0) is 13.1 Å². The van der Waals surface area contributed by atoms with Gasteiger partial charge in [0.2, 0.25) is 0 Å². The van der Waals surface area contributed by atoms with E-state index < -0.39 is 0 Å². The van der Waals surface area contributed by atoms with Gasteiger partial charge in [0.05, 0.1) is 20.3 Å². The minimum absolute atomic E-state index is 0.122. The average molecular weight is 312 g/mol. The van der Waals surface area contributed by atoms with Gasteiger partial charge in [-0.1, -0.05) is 6.07 Å². The van der Waals surface area contributed by atoms with Crippen LogP contribution in [0, 0.1) is 0 Å². The minimum atomic E-state index is 0.122. The number of rotatable bonds is 5. The molecule has 2 aromatic rings. The lowest BCUT2D eigenvalue weighted by Gasteiger charge is -2.19. The first-order valence-electron chi connectivity index (χ1n) is 7.89. The third-order valence-corrected chi connectivity index (χ3v) is 4.37. The second-order valence-corrected chi connectivity index (χ2v) is 6.13. The molecule has 122 valence electrons. The molecule has 1 aliphatic rings. The second kappa shape index (κ2) is 6.50. The molecule has 23 heavy (non-hydrogen) atoms. The largest absolute Gasteiger partial charge is 0.497 e. The summed E-state index contributed by atoms with van der Waals surface area (Å²) in [6, 6.07) is 12.6. The van der Waals surface area contributed by atoms with Gasteiger partial charge in [-0.15, -0.1) is 0 Å². The minimum Gasteiger partial charge on any atom is -0.497 e. The van der Waals surface area contributed by atoms with Crippen LogP contribution in [0.3, 0.4) is 0 Å². The molecular weight excluding hydrogens is 288 g/mol. The normalized spacial score (nSPS) is 15.1. The van der Waals surface area contributed by atoms with Crippen LogP contribution >= 0.6 is 0 Å². The molecule has 0 aromatic heterocycles. The molecule has 2 aromatic carbocycles. The van der Waals surface area contributed by atoms with E-state index in [4.69, 9.17) is 9.47 Å². The maximum absolute atomic E-state index is 5.49. The number of benzene rings is 2. The molecule has 1 aliphatic heterocycles. The van der Waals surface area contributed by atoms with Crippen molar-refractivity contribution in [3.05, 3.63) is 53.1 Å². The van der Waals surface area contributed by atoms with Gasteiger partial charge in [0.1, 0.15) is 11.5 Å². The summed E-state index contributed by atoms with van der Waals surface area (Å²) in [5, 5.41) is 3.57. The Morgan fingerprint density at radius 3 is 2.52 bits per heavy atom. The fourth-order valence-electron chi connectivity index (χ4n) is 3.16. The van der Waals surface area contributed by atoms with Crippen LogP contribution in [0.1, 0.15) is 29.7 Å². The number of nitrogens with zero attached hydrogens (tertiary/aromatic N) is 1. The molecule has 0 aliphatic carbocycles. The molecular formula is C19H24N2O2. The highest BCUT2D eigenvalue weighted by atomic mass is 16.5. The van der Waals surface area contributed by atoms with Crippen molar-refractivity contribution in [3.8, 4) is 11.5 Å². The Labute approximate surface area is 138 Å². The third-order valence-electron chi connectivity index (χ3n) is 4.37. The van der Waals surface area contributed by atoms with Gasteiger partial charge in [0.15, 0.2) is 0 Å². The van der Waals surface area contributed by atoms with Gasteiger partial charge < -0.3 is 14.8 Å². The van der Waals surface area contributed by atoms with Crippen molar-refractivity contribution in [2.45, 2.75) is 26.1 Å². The van der Waals surface area contributed by atoms with E-state index in [1.54, 1.807) is 14.2 Å². The Balaban J connectivity index is 1.82. The fourth-order valence-corrected chi connectivity index (χ4v) is 3.16. The summed E-state index contributed by atoms with van der Waals surface area (Å²) in [6.45, 7) is 4.19. The maximum atomic E-state index is 5.49. The zero-order valence-electron chi connectivity index (χ0n) is 14.2. The first-order chi connectivity index (χ1) is 11.1. The summed E-state index contributed by atoms with van der Waals surface area (Å²) in [7, 11) is 5.53. The van der Waals surface area contributed by atoms with Crippen molar-refractivity contribution in [1.29, 1.82) is 0 Å². The molecule has 0 spiro atoms. The van der Waals surface area contributed by atoms with Crippen LogP contribution in [0.5, 0.6) is 11.5 Å². The predicted molar refractivity (Wildman–Crippen MR) is 93.2 cm³/mol. The fraction of sp³-hybridized carbons (Fsp3) is 0.368. The van der Waals surface area contributed by atoms with Crippen LogP contribution in [-0.4, -0.2) is 26.2 Å². The quantitative estimate of drug-likeness (QED) is 0.910. The Hall–Kier alpha value is -2.20. The van der Waals surface area contributed by atoms with Gasteiger partial charge in [-0.2, -0.15) is 0 Å². The number of fused-ring (bicyclic) bond motifs is 1. The van der Waals surface area contributed by atoms with Crippen molar-refractivity contribution < 1.29 is 9.47 Å².